The predicted octanol–water partition coefficient (Wildman–Crippen LogP) is 4.38. The zero-order valence-corrected chi connectivity index (χ0v) is 15.5. The van der Waals surface area contributed by atoms with Crippen molar-refractivity contribution in [2.75, 3.05) is 7.11 Å². The van der Waals surface area contributed by atoms with E-state index in [1.54, 1.807) is 18.2 Å². The summed E-state index contributed by atoms with van der Waals surface area (Å²) in [5.74, 6) is -0.251. The number of nitrogens with one attached hydrogen (secondary N) is 1. The molecule has 1 unspecified atom stereocenters. The zero-order chi connectivity index (χ0) is 19.8. The topological polar surface area (TPSA) is 68.5 Å². The lowest BCUT2D eigenvalue weighted by atomic mass is 10.0. The van der Waals surface area contributed by atoms with Gasteiger partial charge in [0.1, 0.15) is 5.76 Å². The van der Waals surface area contributed by atoms with Crippen molar-refractivity contribution in [3.63, 3.8) is 0 Å². The molecular formula is C23H21NO4. The molecule has 1 amide bonds. The molecule has 0 aliphatic carbocycles. The minimum Gasteiger partial charge on any atom is -0.469 e. The molecule has 1 heterocycles. The Bertz CT molecular complexity index is 929. The van der Waals surface area contributed by atoms with Crippen LogP contribution in [0.4, 0.5) is 0 Å². The number of carbonyl (C=O) groups is 2. The van der Waals surface area contributed by atoms with Crippen molar-refractivity contribution in [3.05, 3.63) is 90.4 Å². The lowest BCUT2D eigenvalue weighted by Gasteiger charge is -2.14. The fraction of sp³-hybridized carbons (Fsp3) is 0.130. The number of furan rings is 1. The second-order valence-corrected chi connectivity index (χ2v) is 6.18. The summed E-state index contributed by atoms with van der Waals surface area (Å²) in [6.07, 6.45) is 4.65. The molecule has 0 aliphatic rings. The standard InChI is InChI=1S/C23H21NO4/c1-27-23(26)16-20(21-8-5-15-28-21)24-22(25)14-11-17-9-12-19(13-10-17)18-6-3-2-4-7-18/h2-15,20H,16H2,1H3,(H,24,25)/b14-11+. The summed E-state index contributed by atoms with van der Waals surface area (Å²) < 4.78 is 10.0. The normalized spacial score (nSPS) is 11.9. The summed E-state index contributed by atoms with van der Waals surface area (Å²) in [5.41, 5.74) is 3.15. The summed E-state index contributed by atoms with van der Waals surface area (Å²) in [6, 6.07) is 20.8. The van der Waals surface area contributed by atoms with Crippen LogP contribution in [0.3, 0.4) is 0 Å². The molecule has 0 saturated carbocycles. The maximum absolute atomic E-state index is 12.3. The summed E-state index contributed by atoms with van der Waals surface area (Å²) in [7, 11) is 1.31. The van der Waals surface area contributed by atoms with Gasteiger partial charge in [-0.05, 0) is 34.9 Å². The fourth-order valence-electron chi connectivity index (χ4n) is 2.77. The maximum atomic E-state index is 12.3. The van der Waals surface area contributed by atoms with Gasteiger partial charge < -0.3 is 14.5 Å². The van der Waals surface area contributed by atoms with Crippen LogP contribution >= 0.6 is 0 Å². The highest BCUT2D eigenvalue weighted by Gasteiger charge is 2.20. The minimum absolute atomic E-state index is 0.00460. The molecule has 3 aromatic rings. The molecule has 28 heavy (non-hydrogen) atoms. The number of hydrogen-bond acceptors (Lipinski definition) is 4. The van der Waals surface area contributed by atoms with Crippen LogP contribution in [-0.4, -0.2) is 19.0 Å². The second-order valence-electron chi connectivity index (χ2n) is 6.18. The van der Waals surface area contributed by atoms with E-state index in [0.29, 0.717) is 5.76 Å². The largest absolute Gasteiger partial charge is 0.469 e. The zero-order valence-electron chi connectivity index (χ0n) is 15.5. The number of carbonyl (C=O) groups excluding carboxylic acids is 2. The molecule has 142 valence electrons. The SMILES string of the molecule is COC(=O)CC(NC(=O)/C=C/c1ccc(-c2ccccc2)cc1)c1ccco1. The Morgan fingerprint density at radius 2 is 1.71 bits per heavy atom. The number of benzene rings is 2. The van der Waals surface area contributed by atoms with Crippen LogP contribution < -0.4 is 5.32 Å². The molecule has 5 nitrogen and oxygen atoms in total. The number of ether oxygens (including phenoxy) is 1. The summed E-state index contributed by atoms with van der Waals surface area (Å²) in [5, 5.41) is 2.77. The van der Waals surface area contributed by atoms with Crippen molar-refractivity contribution >= 4 is 18.0 Å². The Hall–Kier alpha value is -3.60. The van der Waals surface area contributed by atoms with Gasteiger partial charge in [0.25, 0.3) is 0 Å². The lowest BCUT2D eigenvalue weighted by Crippen LogP contribution is -2.28. The molecule has 3 rings (SSSR count). The van der Waals surface area contributed by atoms with Crippen molar-refractivity contribution in [3.8, 4) is 11.1 Å². The van der Waals surface area contributed by atoms with Gasteiger partial charge in [-0.2, -0.15) is 0 Å². The molecule has 0 fully saturated rings. The van der Waals surface area contributed by atoms with Crippen LogP contribution in [0.1, 0.15) is 23.8 Å². The Labute approximate surface area is 163 Å². The number of methoxy groups -OCH3 is 1. The summed E-state index contributed by atoms with van der Waals surface area (Å²) in [6.45, 7) is 0. The average Bonchev–Trinajstić information content (AvgIpc) is 3.27. The molecule has 1 aromatic heterocycles. The molecule has 1 N–H and O–H groups in total. The van der Waals surface area contributed by atoms with Crippen LogP contribution in [0.2, 0.25) is 0 Å². The Morgan fingerprint density at radius 3 is 2.36 bits per heavy atom. The first kappa shape index (κ1) is 19.2. The van der Waals surface area contributed by atoms with Crippen LogP contribution in [0, 0.1) is 0 Å². The number of amides is 1. The van der Waals surface area contributed by atoms with Gasteiger partial charge in [-0.1, -0.05) is 54.6 Å². The third-order valence-electron chi connectivity index (χ3n) is 4.25. The molecule has 0 bridgehead atoms. The number of esters is 1. The average molecular weight is 375 g/mol. The van der Waals surface area contributed by atoms with Crippen molar-refractivity contribution < 1.29 is 18.7 Å². The van der Waals surface area contributed by atoms with Crippen LogP contribution in [0.15, 0.2) is 83.5 Å². The van der Waals surface area contributed by atoms with Crippen molar-refractivity contribution in [1.29, 1.82) is 0 Å². The minimum atomic E-state index is -0.583. The van der Waals surface area contributed by atoms with Gasteiger partial charge >= 0.3 is 5.97 Å². The molecule has 5 heteroatoms. The molecule has 0 spiro atoms. The van der Waals surface area contributed by atoms with Gasteiger partial charge in [-0.15, -0.1) is 0 Å². The van der Waals surface area contributed by atoms with Crippen LogP contribution in [0.5, 0.6) is 0 Å². The summed E-state index contributed by atoms with van der Waals surface area (Å²) in [4.78, 5) is 23.9. The van der Waals surface area contributed by atoms with Gasteiger partial charge in [-0.3, -0.25) is 9.59 Å². The Kier molecular flexibility index (Phi) is 6.41. The Balaban J connectivity index is 1.64. The number of rotatable bonds is 7. The van der Waals surface area contributed by atoms with Gasteiger partial charge in [0.15, 0.2) is 0 Å². The van der Waals surface area contributed by atoms with E-state index in [0.717, 1.165) is 16.7 Å². The molecular weight excluding hydrogens is 354 g/mol. The van der Waals surface area contributed by atoms with Crippen molar-refractivity contribution in [1.82, 2.24) is 5.32 Å². The second kappa shape index (κ2) is 9.37. The molecule has 0 saturated heterocycles. The van der Waals surface area contributed by atoms with Gasteiger partial charge in [-0.25, -0.2) is 0 Å². The van der Waals surface area contributed by atoms with Gasteiger partial charge in [0.2, 0.25) is 5.91 Å². The highest BCUT2D eigenvalue weighted by molar-refractivity contribution is 5.92. The number of hydrogen-bond donors (Lipinski definition) is 1. The van der Waals surface area contributed by atoms with Gasteiger partial charge in [0, 0.05) is 6.08 Å². The van der Waals surface area contributed by atoms with Crippen LogP contribution in [0.25, 0.3) is 17.2 Å². The van der Waals surface area contributed by atoms with E-state index >= 15 is 0 Å². The van der Waals surface area contributed by atoms with Crippen molar-refractivity contribution in [2.24, 2.45) is 0 Å². The highest BCUT2D eigenvalue weighted by Crippen LogP contribution is 2.20. The fourth-order valence-corrected chi connectivity index (χ4v) is 2.77. The predicted molar refractivity (Wildman–Crippen MR) is 107 cm³/mol. The molecule has 1 atom stereocenters. The molecule has 0 aliphatic heterocycles. The van der Waals surface area contributed by atoms with E-state index in [1.165, 1.54) is 19.4 Å². The Morgan fingerprint density at radius 1 is 1.00 bits per heavy atom. The molecule has 2 aromatic carbocycles. The first-order chi connectivity index (χ1) is 13.7. The first-order valence-corrected chi connectivity index (χ1v) is 8.90. The quantitative estimate of drug-likeness (QED) is 0.491. The lowest BCUT2D eigenvalue weighted by molar-refractivity contribution is -0.141. The van der Waals surface area contributed by atoms with E-state index in [-0.39, 0.29) is 12.3 Å². The smallest absolute Gasteiger partial charge is 0.308 e. The van der Waals surface area contributed by atoms with E-state index < -0.39 is 12.0 Å². The maximum Gasteiger partial charge on any atom is 0.308 e. The first-order valence-electron chi connectivity index (χ1n) is 8.90. The third-order valence-corrected chi connectivity index (χ3v) is 4.25. The van der Waals surface area contributed by atoms with E-state index in [4.69, 9.17) is 4.42 Å². The third kappa shape index (κ3) is 5.20. The van der Waals surface area contributed by atoms with E-state index in [1.807, 2.05) is 54.6 Å². The van der Waals surface area contributed by atoms with Gasteiger partial charge in [0.05, 0.1) is 25.8 Å². The molecule has 0 radical (unpaired) electrons. The monoisotopic (exact) mass is 375 g/mol. The van der Waals surface area contributed by atoms with E-state index in [2.05, 4.69) is 10.1 Å². The highest BCUT2D eigenvalue weighted by atomic mass is 16.5. The van der Waals surface area contributed by atoms with Crippen molar-refractivity contribution in [2.45, 2.75) is 12.5 Å². The summed E-state index contributed by atoms with van der Waals surface area (Å²) >= 11 is 0. The van der Waals surface area contributed by atoms with Crippen LogP contribution in [-0.2, 0) is 14.3 Å². The van der Waals surface area contributed by atoms with E-state index in [9.17, 15) is 9.59 Å².